The molecule has 0 radical (unpaired) electrons. The second-order valence-corrected chi connectivity index (χ2v) is 16.6. The zero-order valence-corrected chi connectivity index (χ0v) is 25.0. The summed E-state index contributed by atoms with van der Waals surface area (Å²) < 4.78 is 6.27. The minimum absolute atomic E-state index is 0.338. The zero-order valence-electron chi connectivity index (χ0n) is 24.0. The van der Waals surface area contributed by atoms with Crippen molar-refractivity contribution < 1.29 is 4.43 Å². The second-order valence-electron chi connectivity index (χ2n) is 11.8. The summed E-state index contributed by atoms with van der Waals surface area (Å²) in [5, 5.41) is 0.338. The zero-order chi connectivity index (χ0) is 25.4. The molecule has 0 aliphatic rings. The van der Waals surface area contributed by atoms with Gasteiger partial charge in [-0.1, -0.05) is 111 Å². The third kappa shape index (κ3) is 21.8. The molecule has 0 saturated heterocycles. The summed E-state index contributed by atoms with van der Waals surface area (Å²) in [6.07, 6.45) is 32.8. The highest BCUT2D eigenvalue weighted by Gasteiger charge is 2.36. The highest BCUT2D eigenvalue weighted by molar-refractivity contribution is 6.74. The van der Waals surface area contributed by atoms with E-state index in [1.54, 1.807) is 0 Å². The van der Waals surface area contributed by atoms with Crippen LogP contribution in [0.2, 0.25) is 18.1 Å². The minimum Gasteiger partial charge on any atom is -0.417 e. The Balaban J connectivity index is 3.23. The van der Waals surface area contributed by atoms with Gasteiger partial charge in [-0.3, -0.25) is 0 Å². The Morgan fingerprint density at radius 2 is 0.853 bits per heavy atom. The molecular weight excluding hydrogens is 428 g/mol. The maximum absolute atomic E-state index is 6.27. The maximum Gasteiger partial charge on any atom is 0.191 e. The van der Waals surface area contributed by atoms with Gasteiger partial charge in [0.15, 0.2) is 8.32 Å². The van der Waals surface area contributed by atoms with E-state index in [0.29, 0.717) is 5.04 Å². The molecule has 0 N–H and O–H groups in total. The summed E-state index contributed by atoms with van der Waals surface area (Å²) >= 11 is 0. The fourth-order valence-electron chi connectivity index (χ4n) is 3.95. The molecule has 0 unspecified atom stereocenters. The molecule has 0 rings (SSSR count). The van der Waals surface area contributed by atoms with Gasteiger partial charge in [0.1, 0.15) is 0 Å². The molecule has 0 amide bonds. The molecule has 0 bridgehead atoms. The lowest BCUT2D eigenvalue weighted by atomic mass is 10.0. The van der Waals surface area contributed by atoms with Crippen molar-refractivity contribution >= 4 is 8.32 Å². The lowest BCUT2D eigenvalue weighted by molar-refractivity contribution is 0.277. The molecule has 1 nitrogen and oxygen atoms in total. The van der Waals surface area contributed by atoms with Gasteiger partial charge in [0.2, 0.25) is 0 Å². The summed E-state index contributed by atoms with van der Waals surface area (Å²) in [6.45, 7) is 12.7. The van der Waals surface area contributed by atoms with Crippen LogP contribution in [0.1, 0.15) is 156 Å². The van der Waals surface area contributed by atoms with Crippen molar-refractivity contribution in [3.8, 4) is 24.2 Å². The van der Waals surface area contributed by atoms with E-state index in [-0.39, 0.29) is 0 Å². The standard InChI is InChI=1S/C32H60OSi/c1-7-8-9-10-11-12-13-14-15-16-17-18-19-20-21-22-23-24-25-26-27-28-29-30-31-33-34(5,6)32(2,3)4/h1H,8-13,16-31H2,2-6H3. The first-order valence-electron chi connectivity index (χ1n) is 14.8. The van der Waals surface area contributed by atoms with E-state index in [1.165, 1.54) is 116 Å². The first-order chi connectivity index (χ1) is 16.3. The molecule has 34 heavy (non-hydrogen) atoms. The van der Waals surface area contributed by atoms with E-state index in [0.717, 1.165) is 25.9 Å². The summed E-state index contributed by atoms with van der Waals surface area (Å²) in [7, 11) is -1.53. The predicted molar refractivity (Wildman–Crippen MR) is 157 cm³/mol. The maximum atomic E-state index is 6.27. The monoisotopic (exact) mass is 488 g/mol. The van der Waals surface area contributed by atoms with E-state index < -0.39 is 8.32 Å². The van der Waals surface area contributed by atoms with Gasteiger partial charge in [0.25, 0.3) is 0 Å². The van der Waals surface area contributed by atoms with Crippen molar-refractivity contribution in [1.82, 2.24) is 0 Å². The molecule has 198 valence electrons. The highest BCUT2D eigenvalue weighted by atomic mass is 28.4. The number of rotatable bonds is 22. The lowest BCUT2D eigenvalue weighted by Gasteiger charge is -2.36. The Bertz CT molecular complexity index is 540. The van der Waals surface area contributed by atoms with Crippen molar-refractivity contribution in [2.45, 2.75) is 174 Å². The molecule has 0 heterocycles. The van der Waals surface area contributed by atoms with Gasteiger partial charge in [0, 0.05) is 25.9 Å². The number of terminal acetylenes is 1. The van der Waals surface area contributed by atoms with Gasteiger partial charge >= 0.3 is 0 Å². The van der Waals surface area contributed by atoms with Gasteiger partial charge in [-0.05, 0) is 43.8 Å². The number of unbranched alkanes of at least 4 members (excludes halogenated alkanes) is 19. The van der Waals surface area contributed by atoms with Crippen LogP contribution in [0.15, 0.2) is 0 Å². The third-order valence-electron chi connectivity index (χ3n) is 7.46. The molecule has 0 aliphatic heterocycles. The van der Waals surface area contributed by atoms with Gasteiger partial charge in [0.05, 0.1) is 0 Å². The summed E-state index contributed by atoms with van der Waals surface area (Å²) in [6, 6.07) is 0. The molecule has 0 aromatic heterocycles. The van der Waals surface area contributed by atoms with Crippen LogP contribution in [0.5, 0.6) is 0 Å². The van der Waals surface area contributed by atoms with Crippen molar-refractivity contribution in [2.24, 2.45) is 0 Å². The van der Waals surface area contributed by atoms with Gasteiger partial charge in [-0.2, -0.15) is 0 Å². The Morgan fingerprint density at radius 3 is 1.21 bits per heavy atom. The average Bonchev–Trinajstić information content (AvgIpc) is 2.78. The van der Waals surface area contributed by atoms with Crippen LogP contribution in [-0.2, 0) is 4.43 Å². The molecular formula is C32H60OSi. The molecule has 0 aromatic carbocycles. The van der Waals surface area contributed by atoms with E-state index >= 15 is 0 Å². The summed E-state index contributed by atoms with van der Waals surface area (Å²) in [5.74, 6) is 9.41. The molecule has 0 saturated carbocycles. The van der Waals surface area contributed by atoms with Gasteiger partial charge in [-0.15, -0.1) is 24.2 Å². The van der Waals surface area contributed by atoms with E-state index in [4.69, 9.17) is 10.8 Å². The largest absolute Gasteiger partial charge is 0.417 e. The average molecular weight is 489 g/mol. The van der Waals surface area contributed by atoms with Crippen molar-refractivity contribution in [3.63, 3.8) is 0 Å². The SMILES string of the molecule is C#CCCCCCCC#CCCCCCCCCCCCCCCCCO[Si](C)(C)C(C)(C)C. The fraction of sp³-hybridized carbons (Fsp3) is 0.875. The smallest absolute Gasteiger partial charge is 0.191 e. The number of hydrogen-bond donors (Lipinski definition) is 0. The fourth-order valence-corrected chi connectivity index (χ4v) is 5.04. The Kier molecular flexibility index (Phi) is 22.3. The van der Waals surface area contributed by atoms with Crippen LogP contribution in [0.3, 0.4) is 0 Å². The second kappa shape index (κ2) is 22.7. The first kappa shape index (κ1) is 33.3. The first-order valence-corrected chi connectivity index (χ1v) is 17.8. The van der Waals surface area contributed by atoms with E-state index in [1.807, 2.05) is 0 Å². The Labute approximate surface area is 217 Å². The number of hydrogen-bond acceptors (Lipinski definition) is 1. The van der Waals surface area contributed by atoms with Gasteiger partial charge < -0.3 is 4.43 Å². The topological polar surface area (TPSA) is 9.23 Å². The van der Waals surface area contributed by atoms with Crippen LogP contribution in [0, 0.1) is 24.2 Å². The molecule has 0 atom stereocenters. The molecule has 0 aliphatic carbocycles. The van der Waals surface area contributed by atoms with Gasteiger partial charge in [-0.25, -0.2) is 0 Å². The van der Waals surface area contributed by atoms with Crippen molar-refractivity contribution in [2.75, 3.05) is 6.61 Å². The molecule has 0 spiro atoms. The Morgan fingerprint density at radius 1 is 0.529 bits per heavy atom. The minimum atomic E-state index is -1.53. The third-order valence-corrected chi connectivity index (χ3v) is 12.0. The molecule has 2 heteroatoms. The van der Waals surface area contributed by atoms with Crippen LogP contribution < -0.4 is 0 Å². The Hall–Kier alpha value is -0.703. The van der Waals surface area contributed by atoms with E-state index in [9.17, 15) is 0 Å². The van der Waals surface area contributed by atoms with Crippen LogP contribution in [-0.4, -0.2) is 14.9 Å². The normalized spacial score (nSPS) is 11.8. The van der Waals surface area contributed by atoms with Crippen molar-refractivity contribution in [3.05, 3.63) is 0 Å². The highest BCUT2D eigenvalue weighted by Crippen LogP contribution is 2.36. The molecule has 0 aromatic rings. The van der Waals surface area contributed by atoms with Crippen LogP contribution in [0.4, 0.5) is 0 Å². The quantitative estimate of drug-likeness (QED) is 0.0836. The predicted octanol–water partition coefficient (Wildman–Crippen LogP) is 10.8. The van der Waals surface area contributed by atoms with Crippen LogP contribution >= 0.6 is 0 Å². The lowest BCUT2D eigenvalue weighted by Crippen LogP contribution is -2.40. The molecule has 0 fully saturated rings. The van der Waals surface area contributed by atoms with Crippen molar-refractivity contribution in [1.29, 1.82) is 0 Å². The summed E-state index contributed by atoms with van der Waals surface area (Å²) in [5.41, 5.74) is 0. The van der Waals surface area contributed by atoms with Crippen LogP contribution in [0.25, 0.3) is 0 Å². The summed E-state index contributed by atoms with van der Waals surface area (Å²) in [4.78, 5) is 0. The van der Waals surface area contributed by atoms with E-state index in [2.05, 4.69) is 51.6 Å².